The van der Waals surface area contributed by atoms with Crippen LogP contribution < -0.4 is 0 Å². The van der Waals surface area contributed by atoms with E-state index in [1.54, 1.807) is 0 Å². The Morgan fingerprint density at radius 2 is 1.56 bits per heavy atom. The Bertz CT molecular complexity index is 497. The van der Waals surface area contributed by atoms with Gasteiger partial charge in [-0.25, -0.2) is 0 Å². The topological polar surface area (TPSA) is 0 Å². The second-order valence-corrected chi connectivity index (χ2v) is 5.16. The lowest BCUT2D eigenvalue weighted by Crippen LogP contribution is -1.95. The highest BCUT2D eigenvalue weighted by molar-refractivity contribution is 14.1. The molecule has 92 valence electrons. The van der Waals surface area contributed by atoms with E-state index in [1.165, 1.54) is 16.7 Å². The van der Waals surface area contributed by atoms with Gasteiger partial charge in [0.1, 0.15) is 0 Å². The molecule has 0 nitrogen and oxygen atoms in total. The summed E-state index contributed by atoms with van der Waals surface area (Å²) in [6.45, 7) is 2.08. The monoisotopic (exact) mass is 348 g/mol. The first-order valence-electron chi connectivity index (χ1n) is 6.19. The summed E-state index contributed by atoms with van der Waals surface area (Å²) in [7, 11) is 0. The second-order valence-electron chi connectivity index (χ2n) is 4.27. The molecule has 0 aliphatic rings. The largest absolute Gasteiger partial charge is 0.0910 e. The summed E-state index contributed by atoms with van der Waals surface area (Å²) in [6.07, 6.45) is 4.40. The minimum absolute atomic E-state index is 0.528. The van der Waals surface area contributed by atoms with Gasteiger partial charge in [-0.05, 0) is 23.6 Å². The molecule has 1 unspecified atom stereocenters. The molecule has 0 aliphatic heterocycles. The molecule has 2 aromatic rings. The third-order valence-corrected chi connectivity index (χ3v) is 3.99. The van der Waals surface area contributed by atoms with Crippen LogP contribution in [0.4, 0.5) is 0 Å². The van der Waals surface area contributed by atoms with Gasteiger partial charge in [0.2, 0.25) is 0 Å². The van der Waals surface area contributed by atoms with Crippen molar-refractivity contribution in [3.63, 3.8) is 0 Å². The highest BCUT2D eigenvalue weighted by atomic mass is 127. The second kappa shape index (κ2) is 6.74. The highest BCUT2D eigenvalue weighted by Crippen LogP contribution is 2.24. The predicted molar refractivity (Wildman–Crippen MR) is 88.3 cm³/mol. The van der Waals surface area contributed by atoms with E-state index >= 15 is 0 Å². The van der Waals surface area contributed by atoms with Gasteiger partial charge in [0.25, 0.3) is 0 Å². The van der Waals surface area contributed by atoms with Crippen LogP contribution >= 0.6 is 22.6 Å². The van der Waals surface area contributed by atoms with Crippen molar-refractivity contribution in [3.8, 4) is 11.1 Å². The van der Waals surface area contributed by atoms with E-state index in [2.05, 4.69) is 96.3 Å². The number of rotatable bonds is 4. The summed E-state index contributed by atoms with van der Waals surface area (Å²) in [4.78, 5) is 0. The molecule has 0 heterocycles. The number of allylic oxidation sites excluding steroid dienone is 2. The number of hydrogen-bond acceptors (Lipinski definition) is 0. The molecular formula is C17H17I. The van der Waals surface area contributed by atoms with Gasteiger partial charge in [0.15, 0.2) is 0 Å². The van der Waals surface area contributed by atoms with Crippen molar-refractivity contribution in [1.82, 2.24) is 0 Å². The van der Waals surface area contributed by atoms with E-state index in [0.717, 1.165) is 4.43 Å². The lowest BCUT2D eigenvalue weighted by molar-refractivity contribution is 0.998. The van der Waals surface area contributed by atoms with E-state index in [9.17, 15) is 0 Å². The molecule has 1 atom stereocenters. The Labute approximate surface area is 123 Å². The highest BCUT2D eigenvalue weighted by Gasteiger charge is 2.06. The van der Waals surface area contributed by atoms with Crippen molar-refractivity contribution in [3.05, 3.63) is 72.3 Å². The van der Waals surface area contributed by atoms with Crippen molar-refractivity contribution in [1.29, 1.82) is 0 Å². The molecule has 0 amide bonds. The first-order chi connectivity index (χ1) is 8.85. The maximum absolute atomic E-state index is 2.45. The first kappa shape index (κ1) is 13.3. The molecule has 0 fully saturated rings. The Kier molecular flexibility index (Phi) is 5.00. The zero-order valence-electron chi connectivity index (χ0n) is 10.5. The van der Waals surface area contributed by atoms with Crippen LogP contribution in [0.5, 0.6) is 0 Å². The van der Waals surface area contributed by atoms with Crippen molar-refractivity contribution in [2.45, 2.75) is 12.8 Å². The zero-order chi connectivity index (χ0) is 12.8. The van der Waals surface area contributed by atoms with E-state index in [-0.39, 0.29) is 0 Å². The van der Waals surface area contributed by atoms with Gasteiger partial charge < -0.3 is 0 Å². The number of alkyl halides is 1. The summed E-state index contributed by atoms with van der Waals surface area (Å²) >= 11 is 2.45. The van der Waals surface area contributed by atoms with Crippen LogP contribution in [0.3, 0.4) is 0 Å². The van der Waals surface area contributed by atoms with Crippen molar-refractivity contribution in [2.24, 2.45) is 0 Å². The van der Waals surface area contributed by atoms with Crippen molar-refractivity contribution < 1.29 is 0 Å². The fourth-order valence-electron chi connectivity index (χ4n) is 2.04. The standard InChI is InChI=1S/C17H17I/c1-2-6-17(13-18)16-11-9-15(10-12-16)14-7-4-3-5-8-14/h2-12,17H,13H2,1H3/b6-2-. The molecule has 1 heteroatoms. The molecular weight excluding hydrogens is 331 g/mol. The molecule has 0 aliphatic carbocycles. The minimum atomic E-state index is 0.528. The van der Waals surface area contributed by atoms with E-state index in [1.807, 2.05) is 0 Å². The van der Waals surface area contributed by atoms with Gasteiger partial charge in [-0.1, -0.05) is 89.3 Å². The Hall–Kier alpha value is -1.09. The third kappa shape index (κ3) is 3.22. The summed E-state index contributed by atoms with van der Waals surface area (Å²) in [5, 5.41) is 0. The van der Waals surface area contributed by atoms with Crippen LogP contribution in [0.15, 0.2) is 66.7 Å². The molecule has 2 aromatic carbocycles. The summed E-state index contributed by atoms with van der Waals surface area (Å²) in [6, 6.07) is 19.4. The van der Waals surface area contributed by atoms with Crippen LogP contribution in [0.1, 0.15) is 18.4 Å². The quantitative estimate of drug-likeness (QED) is 0.392. The molecule has 0 aromatic heterocycles. The fourth-order valence-corrected chi connectivity index (χ4v) is 2.84. The lowest BCUT2D eigenvalue weighted by atomic mass is 9.97. The molecule has 2 rings (SSSR count). The number of halogens is 1. The minimum Gasteiger partial charge on any atom is -0.0910 e. The maximum Gasteiger partial charge on any atom is 0.0108 e. The first-order valence-corrected chi connectivity index (χ1v) is 7.72. The van der Waals surface area contributed by atoms with E-state index in [4.69, 9.17) is 0 Å². The van der Waals surface area contributed by atoms with Crippen LogP contribution in [-0.4, -0.2) is 4.43 Å². The normalized spacial score (nSPS) is 12.8. The van der Waals surface area contributed by atoms with Gasteiger partial charge in [0.05, 0.1) is 0 Å². The predicted octanol–water partition coefficient (Wildman–Crippen LogP) is 5.45. The van der Waals surface area contributed by atoms with Crippen molar-refractivity contribution in [2.75, 3.05) is 4.43 Å². The fraction of sp³-hybridized carbons (Fsp3) is 0.176. The summed E-state index contributed by atoms with van der Waals surface area (Å²) in [5.41, 5.74) is 3.95. The van der Waals surface area contributed by atoms with Gasteiger partial charge in [-0.3, -0.25) is 0 Å². The van der Waals surface area contributed by atoms with Crippen LogP contribution in [0, 0.1) is 0 Å². The Balaban J connectivity index is 2.25. The number of benzene rings is 2. The Morgan fingerprint density at radius 1 is 0.944 bits per heavy atom. The van der Waals surface area contributed by atoms with Crippen LogP contribution in [0.2, 0.25) is 0 Å². The Morgan fingerprint density at radius 3 is 2.11 bits per heavy atom. The molecule has 0 saturated carbocycles. The SMILES string of the molecule is C/C=C\C(CI)c1ccc(-c2ccccc2)cc1. The average Bonchev–Trinajstić information content (AvgIpc) is 2.46. The van der Waals surface area contributed by atoms with Crippen LogP contribution in [-0.2, 0) is 0 Å². The van der Waals surface area contributed by atoms with E-state index in [0.29, 0.717) is 5.92 Å². The van der Waals surface area contributed by atoms with Gasteiger partial charge >= 0.3 is 0 Å². The molecule has 0 radical (unpaired) electrons. The molecule has 0 spiro atoms. The lowest BCUT2D eigenvalue weighted by Gasteiger charge is -2.10. The summed E-state index contributed by atoms with van der Waals surface area (Å²) < 4.78 is 1.12. The average molecular weight is 348 g/mol. The number of hydrogen-bond donors (Lipinski definition) is 0. The van der Waals surface area contributed by atoms with E-state index < -0.39 is 0 Å². The molecule has 18 heavy (non-hydrogen) atoms. The molecule has 0 saturated heterocycles. The van der Waals surface area contributed by atoms with Gasteiger partial charge in [0, 0.05) is 10.3 Å². The maximum atomic E-state index is 2.45. The molecule has 0 bridgehead atoms. The van der Waals surface area contributed by atoms with Crippen LogP contribution in [0.25, 0.3) is 11.1 Å². The molecule has 0 N–H and O–H groups in total. The van der Waals surface area contributed by atoms with Gasteiger partial charge in [-0.2, -0.15) is 0 Å². The van der Waals surface area contributed by atoms with Crippen molar-refractivity contribution >= 4 is 22.6 Å². The third-order valence-electron chi connectivity index (χ3n) is 3.04. The van der Waals surface area contributed by atoms with Gasteiger partial charge in [-0.15, -0.1) is 0 Å². The summed E-state index contributed by atoms with van der Waals surface area (Å²) in [5.74, 6) is 0.528. The smallest absolute Gasteiger partial charge is 0.0108 e. The zero-order valence-corrected chi connectivity index (χ0v) is 12.7.